The second kappa shape index (κ2) is 7.99. The average molecular weight is 281 g/mol. The third kappa shape index (κ3) is 4.45. The van der Waals surface area contributed by atoms with Gasteiger partial charge in [0.25, 0.3) is 0 Å². The lowest BCUT2D eigenvalue weighted by Crippen LogP contribution is -2.44. The van der Waals surface area contributed by atoms with Crippen LogP contribution in [0.3, 0.4) is 0 Å². The van der Waals surface area contributed by atoms with Crippen LogP contribution in [0.15, 0.2) is 0 Å². The van der Waals surface area contributed by atoms with Gasteiger partial charge in [0.1, 0.15) is 0 Å². The van der Waals surface area contributed by atoms with Crippen LogP contribution >= 0.6 is 0 Å². The number of nitrogens with two attached hydrogens (primary N) is 1. The molecule has 4 nitrogen and oxygen atoms in total. The first-order valence-corrected chi connectivity index (χ1v) is 8.48. The van der Waals surface area contributed by atoms with Crippen LogP contribution in [0.1, 0.15) is 58.3 Å². The fourth-order valence-electron chi connectivity index (χ4n) is 3.59. The molecule has 0 unspecified atom stereocenters. The van der Waals surface area contributed by atoms with Crippen LogP contribution in [0.5, 0.6) is 0 Å². The van der Waals surface area contributed by atoms with E-state index in [2.05, 4.69) is 11.8 Å². The molecule has 20 heavy (non-hydrogen) atoms. The molecule has 0 atom stereocenters. The Morgan fingerprint density at radius 3 is 2.40 bits per heavy atom. The van der Waals surface area contributed by atoms with Gasteiger partial charge in [0.15, 0.2) is 0 Å². The Morgan fingerprint density at radius 1 is 1.15 bits per heavy atom. The fourth-order valence-corrected chi connectivity index (χ4v) is 3.59. The van der Waals surface area contributed by atoms with Crippen LogP contribution in [0.25, 0.3) is 0 Å². The quantitative estimate of drug-likeness (QED) is 0.838. The van der Waals surface area contributed by atoms with Crippen LogP contribution in [0.2, 0.25) is 0 Å². The highest BCUT2D eigenvalue weighted by Crippen LogP contribution is 2.22. The molecule has 4 heteroatoms. The van der Waals surface area contributed by atoms with Gasteiger partial charge in [-0.05, 0) is 32.2 Å². The highest BCUT2D eigenvalue weighted by Gasteiger charge is 2.23. The Hall–Kier alpha value is -0.610. The maximum Gasteiger partial charge on any atom is 0.223 e. The Balaban J connectivity index is 1.73. The number of hydrogen-bond donors (Lipinski definition) is 1. The van der Waals surface area contributed by atoms with E-state index in [0.717, 1.165) is 45.1 Å². The van der Waals surface area contributed by atoms with Crippen molar-refractivity contribution >= 4 is 5.91 Å². The zero-order chi connectivity index (χ0) is 14.4. The number of amides is 1. The fraction of sp³-hybridized carbons (Fsp3) is 0.938. The molecule has 0 aromatic carbocycles. The number of rotatable bonds is 5. The van der Waals surface area contributed by atoms with Gasteiger partial charge in [0.2, 0.25) is 5.91 Å². The number of likely N-dealkylation sites (tertiary alicyclic amines) is 1. The lowest BCUT2D eigenvalue weighted by molar-refractivity contribution is -0.132. The van der Waals surface area contributed by atoms with E-state index in [9.17, 15) is 4.79 Å². The molecule has 1 saturated carbocycles. The minimum atomic E-state index is 0.299. The molecule has 116 valence electrons. The molecule has 2 rings (SSSR count). The van der Waals surface area contributed by atoms with Crippen molar-refractivity contribution in [1.82, 2.24) is 9.80 Å². The molecule has 2 aliphatic rings. The van der Waals surface area contributed by atoms with Crippen LogP contribution in [-0.2, 0) is 4.79 Å². The van der Waals surface area contributed by atoms with Crippen molar-refractivity contribution in [2.75, 3.05) is 26.2 Å². The monoisotopic (exact) mass is 281 g/mol. The molecule has 2 fully saturated rings. The summed E-state index contributed by atoms with van der Waals surface area (Å²) in [4.78, 5) is 16.8. The minimum absolute atomic E-state index is 0.299. The maximum absolute atomic E-state index is 12.3. The van der Waals surface area contributed by atoms with Gasteiger partial charge in [-0.2, -0.15) is 0 Å². The molecule has 1 saturated heterocycles. The Kier molecular flexibility index (Phi) is 6.30. The third-order valence-electron chi connectivity index (χ3n) is 5.00. The summed E-state index contributed by atoms with van der Waals surface area (Å²) in [5.74, 6) is 0.325. The predicted octanol–water partition coefficient (Wildman–Crippen LogP) is 1.98. The number of carbonyl (C=O) groups excluding carboxylic acids is 1. The third-order valence-corrected chi connectivity index (χ3v) is 5.00. The Bertz CT molecular complexity index is 294. The smallest absolute Gasteiger partial charge is 0.223 e. The van der Waals surface area contributed by atoms with E-state index in [0.29, 0.717) is 18.4 Å². The summed E-state index contributed by atoms with van der Waals surface area (Å²) in [6.45, 7) is 5.94. The van der Waals surface area contributed by atoms with E-state index in [1.165, 1.54) is 32.1 Å². The van der Waals surface area contributed by atoms with Crippen molar-refractivity contribution in [3.05, 3.63) is 0 Å². The van der Waals surface area contributed by atoms with Crippen LogP contribution in [0.4, 0.5) is 0 Å². The average Bonchev–Trinajstić information content (AvgIpc) is 2.49. The van der Waals surface area contributed by atoms with Crippen molar-refractivity contribution in [2.45, 2.75) is 70.4 Å². The Morgan fingerprint density at radius 2 is 1.80 bits per heavy atom. The molecule has 0 spiro atoms. The van der Waals surface area contributed by atoms with Crippen LogP contribution in [-0.4, -0.2) is 54.0 Å². The first kappa shape index (κ1) is 15.8. The van der Waals surface area contributed by atoms with Crippen molar-refractivity contribution in [3.8, 4) is 0 Å². The highest BCUT2D eigenvalue weighted by atomic mass is 16.2. The van der Waals surface area contributed by atoms with E-state index < -0.39 is 0 Å². The van der Waals surface area contributed by atoms with E-state index >= 15 is 0 Å². The zero-order valence-corrected chi connectivity index (χ0v) is 13.0. The van der Waals surface area contributed by atoms with Gasteiger partial charge in [0.05, 0.1) is 0 Å². The summed E-state index contributed by atoms with van der Waals surface area (Å²) < 4.78 is 0. The molecule has 0 radical (unpaired) electrons. The molecule has 0 aromatic rings. The number of nitrogens with zero attached hydrogens (tertiary/aromatic N) is 2. The molecular weight excluding hydrogens is 250 g/mol. The van der Waals surface area contributed by atoms with E-state index in [1.54, 1.807) is 0 Å². The standard InChI is InChI=1S/C16H31N3O/c1-2-18(15-6-4-3-5-7-15)13-10-16(20)19-11-8-14(17)9-12-19/h14-15H,2-13,17H2,1H3. The summed E-state index contributed by atoms with van der Waals surface area (Å²) in [5, 5.41) is 0. The summed E-state index contributed by atoms with van der Waals surface area (Å²) in [6, 6.07) is 1.02. The maximum atomic E-state index is 12.3. The first-order valence-electron chi connectivity index (χ1n) is 8.48. The van der Waals surface area contributed by atoms with Crippen molar-refractivity contribution < 1.29 is 4.79 Å². The number of carbonyl (C=O) groups is 1. The van der Waals surface area contributed by atoms with Crippen LogP contribution < -0.4 is 5.73 Å². The molecule has 1 aliphatic heterocycles. The minimum Gasteiger partial charge on any atom is -0.343 e. The van der Waals surface area contributed by atoms with E-state index in [1.807, 2.05) is 4.90 Å². The second-order valence-electron chi connectivity index (χ2n) is 6.39. The lowest BCUT2D eigenvalue weighted by atomic mass is 9.94. The molecular formula is C16H31N3O. The summed E-state index contributed by atoms with van der Waals surface area (Å²) in [7, 11) is 0. The molecule has 1 heterocycles. The zero-order valence-electron chi connectivity index (χ0n) is 13.0. The van der Waals surface area contributed by atoms with Gasteiger partial charge in [-0.3, -0.25) is 4.79 Å². The van der Waals surface area contributed by atoms with Crippen molar-refractivity contribution in [3.63, 3.8) is 0 Å². The summed E-state index contributed by atoms with van der Waals surface area (Å²) in [5.41, 5.74) is 5.89. The van der Waals surface area contributed by atoms with Gasteiger partial charge in [-0.25, -0.2) is 0 Å². The number of hydrogen-bond acceptors (Lipinski definition) is 3. The predicted molar refractivity (Wildman–Crippen MR) is 82.5 cm³/mol. The summed E-state index contributed by atoms with van der Waals surface area (Å²) in [6.07, 6.45) is 9.36. The normalized spacial score (nSPS) is 22.4. The second-order valence-corrected chi connectivity index (χ2v) is 6.39. The molecule has 0 bridgehead atoms. The van der Waals surface area contributed by atoms with Gasteiger partial charge in [-0.15, -0.1) is 0 Å². The van der Waals surface area contributed by atoms with Crippen molar-refractivity contribution in [1.29, 1.82) is 0 Å². The van der Waals surface area contributed by atoms with Gasteiger partial charge in [-0.1, -0.05) is 26.2 Å². The van der Waals surface area contributed by atoms with Crippen molar-refractivity contribution in [2.24, 2.45) is 5.73 Å². The SMILES string of the molecule is CCN(CCC(=O)N1CCC(N)CC1)C1CCCCC1. The van der Waals surface area contributed by atoms with E-state index in [4.69, 9.17) is 5.73 Å². The summed E-state index contributed by atoms with van der Waals surface area (Å²) >= 11 is 0. The number of piperidine rings is 1. The first-order chi connectivity index (χ1) is 9.70. The van der Waals surface area contributed by atoms with Gasteiger partial charge in [0, 0.05) is 38.1 Å². The molecule has 1 amide bonds. The molecule has 1 aliphatic carbocycles. The lowest BCUT2D eigenvalue weighted by Gasteiger charge is -2.35. The highest BCUT2D eigenvalue weighted by molar-refractivity contribution is 5.76. The Labute approximate surface area is 123 Å². The van der Waals surface area contributed by atoms with Gasteiger partial charge < -0.3 is 15.5 Å². The topological polar surface area (TPSA) is 49.6 Å². The molecule has 0 aromatic heterocycles. The van der Waals surface area contributed by atoms with Gasteiger partial charge >= 0.3 is 0 Å². The largest absolute Gasteiger partial charge is 0.343 e. The van der Waals surface area contributed by atoms with Crippen LogP contribution in [0, 0.1) is 0 Å². The molecule has 2 N–H and O–H groups in total. The van der Waals surface area contributed by atoms with E-state index in [-0.39, 0.29) is 0 Å².